The zero-order valence-corrected chi connectivity index (χ0v) is 8.69. The molecule has 0 radical (unpaired) electrons. The summed E-state index contributed by atoms with van der Waals surface area (Å²) in [7, 11) is 0. The summed E-state index contributed by atoms with van der Waals surface area (Å²) >= 11 is 4.26. The summed E-state index contributed by atoms with van der Waals surface area (Å²) in [5.41, 5.74) is 0. The van der Waals surface area contributed by atoms with Gasteiger partial charge in [0.1, 0.15) is 4.93 Å². The molecule has 0 spiro atoms. The van der Waals surface area contributed by atoms with E-state index >= 15 is 0 Å². The van der Waals surface area contributed by atoms with Gasteiger partial charge in [-0.2, -0.15) is 0 Å². The monoisotopic (exact) mass is 192 g/mol. The first-order valence-corrected chi connectivity index (χ1v) is 4.42. The van der Waals surface area contributed by atoms with Crippen LogP contribution in [0.5, 0.6) is 0 Å². The number of carbonyl (C=O) groups excluding carboxylic acids is 1. The normalized spacial score (nSPS) is 15.3. The lowest BCUT2D eigenvalue weighted by Gasteiger charge is -2.22. The molecule has 0 aromatic carbocycles. The fourth-order valence-electron chi connectivity index (χ4n) is 0.767. The number of ether oxygens (including phenoxy) is 2. The zero-order chi connectivity index (χ0) is 9.61. The Morgan fingerprint density at radius 1 is 1.58 bits per heavy atom. The van der Waals surface area contributed by atoms with Crippen molar-refractivity contribution in [2.45, 2.75) is 32.1 Å². The number of esters is 1. The van der Waals surface area contributed by atoms with E-state index in [0.29, 0.717) is 19.6 Å². The topological polar surface area (TPSA) is 35.5 Å². The smallest absolute Gasteiger partial charge is 0.302 e. The molecule has 0 saturated heterocycles. The van der Waals surface area contributed by atoms with Crippen LogP contribution < -0.4 is 0 Å². The van der Waals surface area contributed by atoms with Crippen molar-refractivity contribution in [3.63, 3.8) is 0 Å². The Morgan fingerprint density at radius 2 is 2.17 bits per heavy atom. The van der Waals surface area contributed by atoms with Crippen molar-refractivity contribution in [3.05, 3.63) is 0 Å². The van der Waals surface area contributed by atoms with Gasteiger partial charge in [-0.15, -0.1) is 12.6 Å². The van der Waals surface area contributed by atoms with Crippen molar-refractivity contribution in [1.29, 1.82) is 0 Å². The van der Waals surface area contributed by atoms with E-state index in [4.69, 9.17) is 9.47 Å². The number of thiol groups is 1. The molecule has 0 aliphatic heterocycles. The van der Waals surface area contributed by atoms with Gasteiger partial charge < -0.3 is 9.47 Å². The second-order valence-electron chi connectivity index (χ2n) is 2.70. The Hall–Kier alpha value is -0.220. The summed E-state index contributed by atoms with van der Waals surface area (Å²) in [5.74, 6) is -0.268. The predicted octanol–water partition coefficient (Wildman–Crippen LogP) is 1.62. The number of carbonyl (C=O) groups is 1. The molecule has 3 nitrogen and oxygen atoms in total. The summed E-state index contributed by atoms with van der Waals surface area (Å²) in [6.45, 7) is 6.11. The van der Waals surface area contributed by atoms with Crippen molar-refractivity contribution in [2.24, 2.45) is 0 Å². The quantitative estimate of drug-likeness (QED) is 0.408. The SMILES string of the molecule is CCOC(C)(S)CCOC(C)=O. The van der Waals surface area contributed by atoms with Crippen molar-refractivity contribution < 1.29 is 14.3 Å². The summed E-state index contributed by atoms with van der Waals surface area (Å²) in [6.07, 6.45) is 0.601. The lowest BCUT2D eigenvalue weighted by molar-refractivity contribution is -0.141. The summed E-state index contributed by atoms with van der Waals surface area (Å²) in [4.78, 5) is 9.90. The number of rotatable bonds is 5. The third kappa shape index (κ3) is 6.49. The fourth-order valence-corrected chi connectivity index (χ4v) is 0.988. The van der Waals surface area contributed by atoms with Gasteiger partial charge in [-0.1, -0.05) is 0 Å². The van der Waals surface area contributed by atoms with Crippen LogP contribution >= 0.6 is 12.6 Å². The van der Waals surface area contributed by atoms with Gasteiger partial charge >= 0.3 is 5.97 Å². The Bertz CT molecular complexity index is 145. The molecule has 0 amide bonds. The molecule has 4 heteroatoms. The lowest BCUT2D eigenvalue weighted by atomic mass is 10.3. The van der Waals surface area contributed by atoms with E-state index in [1.807, 2.05) is 13.8 Å². The van der Waals surface area contributed by atoms with E-state index in [9.17, 15) is 4.79 Å². The minimum absolute atomic E-state index is 0.268. The van der Waals surface area contributed by atoms with E-state index in [1.54, 1.807) is 0 Å². The standard InChI is InChI=1S/C8H16O3S/c1-4-11-8(3,12)5-6-10-7(2)9/h12H,4-6H2,1-3H3. The molecular weight excluding hydrogens is 176 g/mol. The molecule has 0 bridgehead atoms. The first-order valence-electron chi connectivity index (χ1n) is 3.97. The van der Waals surface area contributed by atoms with Gasteiger partial charge in [0.15, 0.2) is 0 Å². The highest BCUT2D eigenvalue weighted by Gasteiger charge is 2.18. The molecule has 0 N–H and O–H groups in total. The second kappa shape index (κ2) is 5.43. The van der Waals surface area contributed by atoms with Gasteiger partial charge in [0.05, 0.1) is 6.61 Å². The maximum Gasteiger partial charge on any atom is 0.302 e. The predicted molar refractivity (Wildman–Crippen MR) is 50.3 cm³/mol. The molecule has 0 aliphatic rings. The summed E-state index contributed by atoms with van der Waals surface area (Å²) in [5, 5.41) is 0. The highest BCUT2D eigenvalue weighted by Crippen LogP contribution is 2.19. The van der Waals surface area contributed by atoms with Crippen molar-refractivity contribution in [3.8, 4) is 0 Å². The van der Waals surface area contributed by atoms with E-state index in [2.05, 4.69) is 12.6 Å². The van der Waals surface area contributed by atoms with Crippen molar-refractivity contribution in [2.75, 3.05) is 13.2 Å². The first kappa shape index (κ1) is 11.8. The maximum atomic E-state index is 10.4. The van der Waals surface area contributed by atoms with Crippen molar-refractivity contribution >= 4 is 18.6 Å². The molecule has 72 valence electrons. The summed E-state index contributed by atoms with van der Waals surface area (Å²) in [6, 6.07) is 0. The molecule has 0 rings (SSSR count). The fraction of sp³-hybridized carbons (Fsp3) is 0.875. The Labute approximate surface area is 78.8 Å². The zero-order valence-electron chi connectivity index (χ0n) is 7.79. The third-order valence-electron chi connectivity index (χ3n) is 1.33. The minimum Gasteiger partial charge on any atom is -0.466 e. The van der Waals surface area contributed by atoms with Crippen LogP contribution in [0.25, 0.3) is 0 Å². The average Bonchev–Trinajstić information content (AvgIpc) is 1.85. The minimum atomic E-state index is -0.496. The van der Waals surface area contributed by atoms with E-state index in [-0.39, 0.29) is 5.97 Å². The van der Waals surface area contributed by atoms with Gasteiger partial charge in [0, 0.05) is 20.0 Å². The van der Waals surface area contributed by atoms with E-state index in [0.717, 1.165) is 0 Å². The molecular formula is C8H16O3S. The third-order valence-corrected chi connectivity index (χ3v) is 1.68. The lowest BCUT2D eigenvalue weighted by Crippen LogP contribution is -2.23. The van der Waals surface area contributed by atoms with Gasteiger partial charge in [-0.3, -0.25) is 4.79 Å². The Balaban J connectivity index is 3.53. The van der Waals surface area contributed by atoms with Crippen LogP contribution in [-0.2, 0) is 14.3 Å². The maximum absolute atomic E-state index is 10.4. The van der Waals surface area contributed by atoms with Crippen LogP contribution in [-0.4, -0.2) is 24.1 Å². The van der Waals surface area contributed by atoms with Crippen molar-refractivity contribution in [1.82, 2.24) is 0 Å². The van der Waals surface area contributed by atoms with Gasteiger partial charge in [-0.25, -0.2) is 0 Å². The van der Waals surface area contributed by atoms with Crippen LogP contribution in [0.3, 0.4) is 0 Å². The summed E-state index contributed by atoms with van der Waals surface area (Å²) < 4.78 is 10.0. The van der Waals surface area contributed by atoms with E-state index in [1.165, 1.54) is 6.92 Å². The average molecular weight is 192 g/mol. The molecule has 0 aromatic rings. The van der Waals surface area contributed by atoms with Gasteiger partial charge in [0.25, 0.3) is 0 Å². The molecule has 0 aromatic heterocycles. The molecule has 1 unspecified atom stereocenters. The molecule has 0 heterocycles. The molecule has 0 aliphatic carbocycles. The second-order valence-corrected chi connectivity index (χ2v) is 3.64. The van der Waals surface area contributed by atoms with Crippen LogP contribution in [0, 0.1) is 0 Å². The van der Waals surface area contributed by atoms with Gasteiger partial charge in [0.2, 0.25) is 0 Å². The van der Waals surface area contributed by atoms with Crippen LogP contribution in [0.15, 0.2) is 0 Å². The number of hydrogen-bond acceptors (Lipinski definition) is 4. The van der Waals surface area contributed by atoms with E-state index < -0.39 is 4.93 Å². The van der Waals surface area contributed by atoms with Gasteiger partial charge in [-0.05, 0) is 13.8 Å². The largest absolute Gasteiger partial charge is 0.466 e. The molecule has 1 atom stereocenters. The first-order chi connectivity index (χ1) is 5.48. The number of hydrogen-bond donors (Lipinski definition) is 1. The molecule has 12 heavy (non-hydrogen) atoms. The van der Waals surface area contributed by atoms with Crippen LogP contribution in [0.2, 0.25) is 0 Å². The Kier molecular flexibility index (Phi) is 5.33. The Morgan fingerprint density at radius 3 is 2.58 bits per heavy atom. The van der Waals surface area contributed by atoms with Crippen LogP contribution in [0.1, 0.15) is 27.2 Å². The van der Waals surface area contributed by atoms with Crippen LogP contribution in [0.4, 0.5) is 0 Å². The molecule has 0 fully saturated rings. The highest BCUT2D eigenvalue weighted by atomic mass is 32.1. The highest BCUT2D eigenvalue weighted by molar-refractivity contribution is 7.81. The molecule has 0 saturated carbocycles.